The second-order valence-corrected chi connectivity index (χ2v) is 5.07. The summed E-state index contributed by atoms with van der Waals surface area (Å²) in [5.41, 5.74) is 0.856. The van der Waals surface area contributed by atoms with Crippen molar-refractivity contribution in [1.82, 2.24) is 9.88 Å². The van der Waals surface area contributed by atoms with Gasteiger partial charge in [0.15, 0.2) is 0 Å². The maximum atomic E-state index is 12.9. The molecule has 1 aromatic carbocycles. The average molecular weight is 262 g/mol. The minimum Gasteiger partial charge on any atom is -0.384 e. The van der Waals surface area contributed by atoms with Crippen LogP contribution in [-0.4, -0.2) is 16.2 Å². The maximum Gasteiger partial charge on any atom is 0.123 e. The molecule has 1 heterocycles. The van der Waals surface area contributed by atoms with Crippen LogP contribution < -0.4 is 5.32 Å². The molecule has 0 saturated carbocycles. The Balaban J connectivity index is 1.92. The molecule has 0 aliphatic rings. The number of nitrogens with one attached hydrogen (secondary N) is 1. The molecule has 2 N–H and O–H groups in total. The molecule has 102 valence electrons. The predicted octanol–water partition coefficient (Wildman–Crippen LogP) is 2.16. The normalized spacial score (nSPS) is 14.3. The Bertz CT molecular complexity index is 531. The van der Waals surface area contributed by atoms with Crippen LogP contribution in [-0.2, 0) is 19.2 Å². The van der Waals surface area contributed by atoms with Crippen LogP contribution in [0.3, 0.4) is 0 Å². The Hall–Kier alpha value is -1.65. The molecule has 0 amide bonds. The lowest BCUT2D eigenvalue weighted by Gasteiger charge is -2.24. The summed E-state index contributed by atoms with van der Waals surface area (Å²) in [7, 11) is 1.97. The lowest BCUT2D eigenvalue weighted by Crippen LogP contribution is -2.35. The van der Waals surface area contributed by atoms with Crippen molar-refractivity contribution in [1.29, 1.82) is 0 Å². The van der Waals surface area contributed by atoms with E-state index in [1.54, 1.807) is 19.1 Å². The Morgan fingerprint density at radius 1 is 1.26 bits per heavy atom. The fourth-order valence-electron chi connectivity index (χ4n) is 2.03. The van der Waals surface area contributed by atoms with Crippen molar-refractivity contribution in [3.63, 3.8) is 0 Å². The molecule has 1 aromatic heterocycles. The molecule has 0 aliphatic carbocycles. The fourth-order valence-corrected chi connectivity index (χ4v) is 2.03. The van der Waals surface area contributed by atoms with Gasteiger partial charge in [-0.1, -0.05) is 12.1 Å². The second-order valence-electron chi connectivity index (χ2n) is 5.07. The van der Waals surface area contributed by atoms with Crippen LogP contribution >= 0.6 is 0 Å². The Morgan fingerprint density at radius 2 is 1.95 bits per heavy atom. The molecule has 4 heteroatoms. The van der Waals surface area contributed by atoms with Crippen molar-refractivity contribution < 1.29 is 9.50 Å². The van der Waals surface area contributed by atoms with Gasteiger partial charge in [-0.05, 0) is 36.2 Å². The number of rotatable bonds is 5. The molecule has 0 bridgehead atoms. The first-order valence-electron chi connectivity index (χ1n) is 6.27. The van der Waals surface area contributed by atoms with Crippen LogP contribution in [0.2, 0.25) is 0 Å². The van der Waals surface area contributed by atoms with Gasteiger partial charge in [0, 0.05) is 32.5 Å². The third kappa shape index (κ3) is 3.66. The van der Waals surface area contributed by atoms with Crippen molar-refractivity contribution in [2.75, 3.05) is 6.54 Å². The van der Waals surface area contributed by atoms with E-state index in [9.17, 15) is 9.50 Å². The lowest BCUT2D eigenvalue weighted by atomic mass is 9.96. The van der Waals surface area contributed by atoms with E-state index in [0.717, 1.165) is 5.56 Å². The van der Waals surface area contributed by atoms with Gasteiger partial charge in [0.05, 0.1) is 5.60 Å². The number of hydrogen-bond donors (Lipinski definition) is 2. The Kier molecular flexibility index (Phi) is 4.02. The van der Waals surface area contributed by atoms with E-state index >= 15 is 0 Å². The van der Waals surface area contributed by atoms with Crippen molar-refractivity contribution in [2.45, 2.75) is 19.1 Å². The highest BCUT2D eigenvalue weighted by Crippen LogP contribution is 2.20. The first-order chi connectivity index (χ1) is 8.97. The van der Waals surface area contributed by atoms with E-state index in [1.807, 2.05) is 30.1 Å². The first-order valence-corrected chi connectivity index (χ1v) is 6.27. The number of halogens is 1. The number of hydrogen-bond acceptors (Lipinski definition) is 2. The summed E-state index contributed by atoms with van der Waals surface area (Å²) in [5, 5.41) is 13.6. The van der Waals surface area contributed by atoms with Crippen molar-refractivity contribution in [2.24, 2.45) is 7.05 Å². The van der Waals surface area contributed by atoms with Gasteiger partial charge in [-0.15, -0.1) is 0 Å². The summed E-state index contributed by atoms with van der Waals surface area (Å²) >= 11 is 0. The largest absolute Gasteiger partial charge is 0.384 e. The molecule has 0 radical (unpaired) electrons. The Labute approximate surface area is 112 Å². The second kappa shape index (κ2) is 5.55. The van der Waals surface area contributed by atoms with E-state index in [2.05, 4.69) is 5.32 Å². The summed E-state index contributed by atoms with van der Waals surface area (Å²) in [4.78, 5) is 0. The standard InChI is InChI=1S/C15H19FN2O/c1-15(19,13-3-5-14(16)6-4-13)11-17-9-12-7-8-18(2)10-12/h3-8,10,17,19H,9,11H2,1-2H3. The van der Waals surface area contributed by atoms with Gasteiger partial charge in [-0.2, -0.15) is 0 Å². The predicted molar refractivity (Wildman–Crippen MR) is 73.1 cm³/mol. The molecule has 1 unspecified atom stereocenters. The van der Waals surface area contributed by atoms with Crippen LogP contribution in [0.1, 0.15) is 18.1 Å². The smallest absolute Gasteiger partial charge is 0.123 e. The van der Waals surface area contributed by atoms with E-state index < -0.39 is 5.60 Å². The van der Waals surface area contributed by atoms with Crippen LogP contribution in [0.15, 0.2) is 42.7 Å². The molecule has 0 fully saturated rings. The highest BCUT2D eigenvalue weighted by Gasteiger charge is 2.22. The summed E-state index contributed by atoms with van der Waals surface area (Å²) in [6.45, 7) is 2.82. The third-order valence-electron chi connectivity index (χ3n) is 3.16. The van der Waals surface area contributed by atoms with E-state index in [-0.39, 0.29) is 5.82 Å². The third-order valence-corrected chi connectivity index (χ3v) is 3.16. The van der Waals surface area contributed by atoms with Crippen LogP contribution in [0.5, 0.6) is 0 Å². The summed E-state index contributed by atoms with van der Waals surface area (Å²) in [6.07, 6.45) is 4.01. The molecular weight excluding hydrogens is 243 g/mol. The molecular formula is C15H19FN2O. The monoisotopic (exact) mass is 262 g/mol. The van der Waals surface area contributed by atoms with E-state index in [1.165, 1.54) is 12.1 Å². The zero-order chi connectivity index (χ0) is 13.9. The minimum atomic E-state index is -1.01. The lowest BCUT2D eigenvalue weighted by molar-refractivity contribution is 0.0566. The fraction of sp³-hybridized carbons (Fsp3) is 0.333. The highest BCUT2D eigenvalue weighted by atomic mass is 19.1. The quantitative estimate of drug-likeness (QED) is 0.866. The molecule has 0 spiro atoms. The van der Waals surface area contributed by atoms with Gasteiger partial charge >= 0.3 is 0 Å². The summed E-state index contributed by atoms with van der Waals surface area (Å²) in [6, 6.07) is 7.97. The highest BCUT2D eigenvalue weighted by molar-refractivity contribution is 5.22. The van der Waals surface area contributed by atoms with Gasteiger partial charge in [0.1, 0.15) is 5.82 Å². The topological polar surface area (TPSA) is 37.2 Å². The van der Waals surface area contributed by atoms with Gasteiger partial charge in [0.25, 0.3) is 0 Å². The minimum absolute atomic E-state index is 0.295. The van der Waals surface area contributed by atoms with Crippen molar-refractivity contribution in [3.05, 3.63) is 59.7 Å². The number of aliphatic hydroxyl groups is 1. The molecule has 19 heavy (non-hydrogen) atoms. The number of nitrogens with zero attached hydrogens (tertiary/aromatic N) is 1. The average Bonchev–Trinajstić information content (AvgIpc) is 2.75. The molecule has 2 rings (SSSR count). The van der Waals surface area contributed by atoms with E-state index in [4.69, 9.17) is 0 Å². The molecule has 1 atom stereocenters. The zero-order valence-electron chi connectivity index (χ0n) is 11.2. The van der Waals surface area contributed by atoms with Crippen LogP contribution in [0.4, 0.5) is 4.39 Å². The van der Waals surface area contributed by atoms with Crippen LogP contribution in [0.25, 0.3) is 0 Å². The molecule has 2 aromatic rings. The van der Waals surface area contributed by atoms with Crippen molar-refractivity contribution >= 4 is 0 Å². The number of aromatic nitrogens is 1. The Morgan fingerprint density at radius 3 is 2.53 bits per heavy atom. The van der Waals surface area contributed by atoms with Gasteiger partial charge in [-0.3, -0.25) is 0 Å². The van der Waals surface area contributed by atoms with Crippen LogP contribution in [0, 0.1) is 5.82 Å². The number of aryl methyl sites for hydroxylation is 1. The maximum absolute atomic E-state index is 12.9. The molecule has 0 saturated heterocycles. The number of benzene rings is 1. The van der Waals surface area contributed by atoms with Crippen molar-refractivity contribution in [3.8, 4) is 0 Å². The van der Waals surface area contributed by atoms with E-state index in [0.29, 0.717) is 18.7 Å². The zero-order valence-corrected chi connectivity index (χ0v) is 11.2. The SMILES string of the molecule is Cn1ccc(CNCC(C)(O)c2ccc(F)cc2)c1. The summed E-state index contributed by atoms with van der Waals surface area (Å²) in [5.74, 6) is -0.295. The van der Waals surface area contributed by atoms with Gasteiger partial charge < -0.3 is 15.0 Å². The summed E-state index contributed by atoms with van der Waals surface area (Å²) < 4.78 is 14.8. The van der Waals surface area contributed by atoms with Gasteiger partial charge in [-0.25, -0.2) is 4.39 Å². The van der Waals surface area contributed by atoms with Gasteiger partial charge in [0.2, 0.25) is 0 Å². The molecule has 3 nitrogen and oxygen atoms in total. The first kappa shape index (κ1) is 13.8. The molecule has 0 aliphatic heterocycles.